The Bertz CT molecular complexity index is 1320. The topological polar surface area (TPSA) is 122 Å². The van der Waals surface area contributed by atoms with Gasteiger partial charge in [0, 0.05) is 30.0 Å². The van der Waals surface area contributed by atoms with E-state index >= 15 is 0 Å². The standard InChI is InChI=1S/C30H39FN4O5/c1-29(2,3)39-27(37)32-15-7-8-23(34-28(38)40-30(4,5)6)18-33-26(36)25-17-21-16-20(11-14-24(21)35-25)19-9-12-22(31)13-10-19/h9-14,16-17,23,35H,7-8,15,18H2,1-6H3,(H,32,37)(H,33,36)(H,34,38)/t23-/m1/s1. The van der Waals surface area contributed by atoms with Crippen molar-refractivity contribution in [3.05, 3.63) is 60.0 Å². The molecule has 0 saturated heterocycles. The lowest BCUT2D eigenvalue weighted by Gasteiger charge is -2.24. The molecular formula is C30H39FN4O5. The van der Waals surface area contributed by atoms with Crippen LogP contribution in [0.1, 0.15) is 64.9 Å². The number of H-pyrrole nitrogens is 1. The highest BCUT2D eigenvalue weighted by atomic mass is 19.1. The predicted molar refractivity (Wildman–Crippen MR) is 153 cm³/mol. The summed E-state index contributed by atoms with van der Waals surface area (Å²) in [5.41, 5.74) is 1.66. The number of rotatable bonds is 9. The number of aromatic amines is 1. The minimum absolute atomic E-state index is 0.153. The zero-order valence-electron chi connectivity index (χ0n) is 23.9. The van der Waals surface area contributed by atoms with Gasteiger partial charge in [-0.25, -0.2) is 14.0 Å². The van der Waals surface area contributed by atoms with Crippen LogP contribution in [0.5, 0.6) is 0 Å². The Kier molecular flexibility index (Phi) is 9.78. The molecule has 0 aliphatic rings. The predicted octanol–water partition coefficient (Wildman–Crippen LogP) is 5.90. The van der Waals surface area contributed by atoms with Crippen molar-refractivity contribution < 1.29 is 28.2 Å². The van der Waals surface area contributed by atoms with Crippen LogP contribution in [-0.2, 0) is 9.47 Å². The lowest BCUT2D eigenvalue weighted by Crippen LogP contribution is -2.46. The van der Waals surface area contributed by atoms with E-state index in [-0.39, 0.29) is 18.3 Å². The highest BCUT2D eigenvalue weighted by Gasteiger charge is 2.21. The second-order valence-corrected chi connectivity index (χ2v) is 11.6. The first-order valence-corrected chi connectivity index (χ1v) is 13.3. The van der Waals surface area contributed by atoms with Gasteiger partial charge in [0.15, 0.2) is 0 Å². The largest absolute Gasteiger partial charge is 0.444 e. The van der Waals surface area contributed by atoms with Gasteiger partial charge < -0.3 is 30.4 Å². The van der Waals surface area contributed by atoms with E-state index < -0.39 is 29.4 Å². The number of aromatic nitrogens is 1. The first-order chi connectivity index (χ1) is 18.7. The molecular weight excluding hydrogens is 515 g/mol. The van der Waals surface area contributed by atoms with Crippen LogP contribution in [0.4, 0.5) is 14.0 Å². The van der Waals surface area contributed by atoms with Crippen LogP contribution in [0.25, 0.3) is 22.0 Å². The first-order valence-electron chi connectivity index (χ1n) is 13.3. The van der Waals surface area contributed by atoms with Crippen molar-refractivity contribution in [2.24, 2.45) is 0 Å². The number of carbonyl (C=O) groups is 3. The molecule has 3 rings (SSSR count). The molecule has 40 heavy (non-hydrogen) atoms. The number of halogens is 1. The van der Waals surface area contributed by atoms with E-state index in [1.807, 2.05) is 18.2 Å². The maximum atomic E-state index is 13.3. The molecule has 1 heterocycles. The summed E-state index contributed by atoms with van der Waals surface area (Å²) in [6.07, 6.45) is -0.0957. The molecule has 0 radical (unpaired) electrons. The van der Waals surface area contributed by atoms with Gasteiger partial charge in [-0.2, -0.15) is 0 Å². The summed E-state index contributed by atoms with van der Waals surface area (Å²) in [6, 6.07) is 13.2. The van der Waals surface area contributed by atoms with Crippen molar-refractivity contribution in [2.45, 2.75) is 71.6 Å². The van der Waals surface area contributed by atoms with E-state index in [4.69, 9.17) is 9.47 Å². The summed E-state index contributed by atoms with van der Waals surface area (Å²) < 4.78 is 23.9. The SMILES string of the molecule is CC(C)(C)OC(=O)NCCC[C@H](CNC(=O)c1cc2cc(-c3ccc(F)cc3)ccc2[nH]1)NC(=O)OC(C)(C)C. The van der Waals surface area contributed by atoms with Gasteiger partial charge in [-0.15, -0.1) is 0 Å². The maximum absolute atomic E-state index is 13.3. The van der Waals surface area contributed by atoms with E-state index in [1.54, 1.807) is 59.7 Å². The third-order valence-corrected chi connectivity index (χ3v) is 5.67. The summed E-state index contributed by atoms with van der Waals surface area (Å²) in [7, 11) is 0. The number of fused-ring (bicyclic) bond motifs is 1. The summed E-state index contributed by atoms with van der Waals surface area (Å²) in [4.78, 5) is 40.4. The van der Waals surface area contributed by atoms with Crippen molar-refractivity contribution in [1.82, 2.24) is 20.9 Å². The number of ether oxygens (including phenoxy) is 2. The minimum atomic E-state index is -0.673. The average Bonchev–Trinajstić information content (AvgIpc) is 3.26. The second kappa shape index (κ2) is 12.8. The normalized spacial score (nSPS) is 12.5. The van der Waals surface area contributed by atoms with Gasteiger partial charge in [0.1, 0.15) is 22.7 Å². The van der Waals surface area contributed by atoms with Crippen LogP contribution in [0, 0.1) is 5.82 Å². The summed E-state index contributed by atoms with van der Waals surface area (Å²) in [5.74, 6) is -0.633. The third-order valence-electron chi connectivity index (χ3n) is 5.67. The molecule has 0 saturated carbocycles. The Labute approximate surface area is 234 Å². The second-order valence-electron chi connectivity index (χ2n) is 11.6. The monoisotopic (exact) mass is 554 g/mol. The first kappa shape index (κ1) is 30.5. The summed E-state index contributed by atoms with van der Waals surface area (Å²) >= 11 is 0. The van der Waals surface area contributed by atoms with Crippen molar-refractivity contribution in [3.8, 4) is 11.1 Å². The molecule has 10 heteroatoms. The van der Waals surface area contributed by atoms with Crippen molar-refractivity contribution >= 4 is 29.0 Å². The number of benzene rings is 2. The molecule has 0 unspecified atom stereocenters. The van der Waals surface area contributed by atoms with Crippen LogP contribution in [0.15, 0.2) is 48.5 Å². The minimum Gasteiger partial charge on any atom is -0.444 e. The summed E-state index contributed by atoms with van der Waals surface area (Å²) in [5, 5.41) is 9.20. The molecule has 1 aromatic heterocycles. The lowest BCUT2D eigenvalue weighted by atomic mass is 10.0. The van der Waals surface area contributed by atoms with Crippen molar-refractivity contribution in [1.29, 1.82) is 0 Å². The van der Waals surface area contributed by atoms with E-state index in [0.717, 1.165) is 22.0 Å². The molecule has 0 bridgehead atoms. The number of nitrogens with one attached hydrogen (secondary N) is 4. The molecule has 0 spiro atoms. The maximum Gasteiger partial charge on any atom is 0.407 e. The number of carbonyl (C=O) groups excluding carboxylic acids is 3. The fourth-order valence-electron chi connectivity index (χ4n) is 3.94. The van der Waals surface area contributed by atoms with Crippen LogP contribution in [0.3, 0.4) is 0 Å². The molecule has 3 aromatic rings. The van der Waals surface area contributed by atoms with Crippen LogP contribution < -0.4 is 16.0 Å². The molecule has 4 N–H and O–H groups in total. The Hall–Kier alpha value is -4.08. The van der Waals surface area contributed by atoms with Gasteiger partial charge in [0.25, 0.3) is 5.91 Å². The van der Waals surface area contributed by atoms with E-state index in [1.165, 1.54) is 12.1 Å². The number of amides is 3. The smallest absolute Gasteiger partial charge is 0.407 e. The van der Waals surface area contributed by atoms with Crippen LogP contribution in [0.2, 0.25) is 0 Å². The highest BCUT2D eigenvalue weighted by molar-refractivity contribution is 5.99. The van der Waals surface area contributed by atoms with Gasteiger partial charge in [0.05, 0.1) is 0 Å². The molecule has 1 atom stereocenters. The average molecular weight is 555 g/mol. The number of alkyl carbamates (subject to hydrolysis) is 2. The molecule has 2 aromatic carbocycles. The van der Waals surface area contributed by atoms with Crippen LogP contribution >= 0.6 is 0 Å². The van der Waals surface area contributed by atoms with Gasteiger partial charge in [0.2, 0.25) is 0 Å². The number of hydrogen-bond acceptors (Lipinski definition) is 5. The van der Waals surface area contributed by atoms with Gasteiger partial charge in [-0.3, -0.25) is 4.79 Å². The fraction of sp³-hybridized carbons (Fsp3) is 0.433. The molecule has 0 aliphatic carbocycles. The number of hydrogen-bond donors (Lipinski definition) is 4. The highest BCUT2D eigenvalue weighted by Crippen LogP contribution is 2.25. The Balaban J connectivity index is 1.61. The zero-order chi connectivity index (χ0) is 29.5. The van der Waals surface area contributed by atoms with Gasteiger partial charge in [-0.1, -0.05) is 18.2 Å². The Morgan fingerprint density at radius 1 is 0.850 bits per heavy atom. The lowest BCUT2D eigenvalue weighted by molar-refractivity contribution is 0.0487. The summed E-state index contributed by atoms with van der Waals surface area (Å²) in [6.45, 7) is 11.2. The quantitative estimate of drug-likeness (QED) is 0.245. The van der Waals surface area contributed by atoms with E-state index in [0.29, 0.717) is 25.1 Å². The Morgan fingerprint density at radius 3 is 2.12 bits per heavy atom. The Morgan fingerprint density at radius 2 is 1.48 bits per heavy atom. The van der Waals surface area contributed by atoms with E-state index in [9.17, 15) is 18.8 Å². The molecule has 0 fully saturated rings. The van der Waals surface area contributed by atoms with Crippen molar-refractivity contribution in [2.75, 3.05) is 13.1 Å². The van der Waals surface area contributed by atoms with E-state index in [2.05, 4.69) is 20.9 Å². The molecule has 3 amide bonds. The van der Waals surface area contributed by atoms with Crippen molar-refractivity contribution in [3.63, 3.8) is 0 Å². The third kappa shape index (κ3) is 9.91. The molecule has 9 nitrogen and oxygen atoms in total. The fourth-order valence-corrected chi connectivity index (χ4v) is 3.94. The zero-order valence-corrected chi connectivity index (χ0v) is 23.9. The molecule has 216 valence electrons. The van der Waals surface area contributed by atoms with Gasteiger partial charge in [-0.05, 0) is 95.8 Å². The molecule has 0 aliphatic heterocycles. The van der Waals surface area contributed by atoms with Crippen LogP contribution in [-0.4, -0.2) is 53.4 Å². The van der Waals surface area contributed by atoms with Gasteiger partial charge >= 0.3 is 12.2 Å².